The average Bonchev–Trinajstić information content (AvgIpc) is 3.55. The minimum atomic E-state index is -4.99. The molecule has 0 bridgehead atoms. The fourth-order valence-electron chi connectivity index (χ4n) is 6.13. The molecule has 3 aromatic rings. The Hall–Kier alpha value is -4.22. The Morgan fingerprint density at radius 1 is 1.19 bits per heavy atom. The number of piperidine rings is 1. The first kappa shape index (κ1) is 27.9. The van der Waals surface area contributed by atoms with Crippen LogP contribution in [-0.4, -0.2) is 86.8 Å². The molecule has 14 heteroatoms. The number of rotatable bonds is 5. The number of pyridine rings is 1. The molecule has 6 rings (SSSR count). The van der Waals surface area contributed by atoms with Gasteiger partial charge < -0.3 is 4.90 Å². The van der Waals surface area contributed by atoms with Gasteiger partial charge in [0.1, 0.15) is 18.1 Å². The molecular formula is C28H28F4N9O+. The molecule has 2 fully saturated rings. The highest BCUT2D eigenvalue weighted by atomic mass is 19.4. The highest BCUT2D eigenvalue weighted by Gasteiger charge is 2.48. The van der Waals surface area contributed by atoms with Gasteiger partial charge in [0.2, 0.25) is 5.82 Å². The number of amides is 1. The second kappa shape index (κ2) is 9.95. The fraction of sp³-hybridized carbons (Fsp3) is 0.429. The van der Waals surface area contributed by atoms with E-state index in [2.05, 4.69) is 31.0 Å². The minimum Gasteiger partial charge on any atom is -0.338 e. The Labute approximate surface area is 239 Å². The third kappa shape index (κ3) is 4.62. The van der Waals surface area contributed by atoms with Crippen LogP contribution in [0.4, 0.5) is 23.4 Å². The molecule has 42 heavy (non-hydrogen) atoms. The summed E-state index contributed by atoms with van der Waals surface area (Å²) in [4.78, 5) is 28.5. The lowest BCUT2D eigenvalue weighted by Gasteiger charge is -2.53. The van der Waals surface area contributed by atoms with E-state index in [4.69, 9.17) is 0 Å². The zero-order valence-corrected chi connectivity index (χ0v) is 23.0. The predicted octanol–water partition coefficient (Wildman–Crippen LogP) is 3.67. The predicted molar refractivity (Wildman–Crippen MR) is 144 cm³/mol. The van der Waals surface area contributed by atoms with Gasteiger partial charge in [-0.1, -0.05) is 0 Å². The molecule has 0 saturated carbocycles. The van der Waals surface area contributed by atoms with E-state index in [-0.39, 0.29) is 25.6 Å². The van der Waals surface area contributed by atoms with E-state index in [9.17, 15) is 27.6 Å². The van der Waals surface area contributed by atoms with Gasteiger partial charge in [0, 0.05) is 56.3 Å². The molecular weight excluding hydrogens is 554 g/mol. The van der Waals surface area contributed by atoms with E-state index in [0.29, 0.717) is 30.4 Å². The summed E-state index contributed by atoms with van der Waals surface area (Å²) in [6.45, 7) is 1.73. The highest BCUT2D eigenvalue weighted by Crippen LogP contribution is 2.39. The maximum Gasteiger partial charge on any atom is 0.436 e. The van der Waals surface area contributed by atoms with Crippen LogP contribution in [-0.2, 0) is 11.7 Å². The molecule has 3 aliphatic heterocycles. The first-order chi connectivity index (χ1) is 19.9. The number of nitriles is 1. The quantitative estimate of drug-likeness (QED) is 0.334. The van der Waals surface area contributed by atoms with Crippen molar-refractivity contribution in [3.05, 3.63) is 59.8 Å². The van der Waals surface area contributed by atoms with Crippen molar-refractivity contribution in [2.75, 3.05) is 40.3 Å². The minimum absolute atomic E-state index is 0.110. The van der Waals surface area contributed by atoms with Crippen LogP contribution in [0.5, 0.6) is 0 Å². The Morgan fingerprint density at radius 2 is 1.93 bits per heavy atom. The Morgan fingerprint density at radius 3 is 2.62 bits per heavy atom. The van der Waals surface area contributed by atoms with Crippen LogP contribution in [0.3, 0.4) is 0 Å². The largest absolute Gasteiger partial charge is 0.436 e. The van der Waals surface area contributed by atoms with Crippen LogP contribution >= 0.6 is 0 Å². The monoisotopic (exact) mass is 582 g/mol. The molecule has 3 aliphatic rings. The number of likely N-dealkylation sites (tertiary alicyclic amines) is 2. The summed E-state index contributed by atoms with van der Waals surface area (Å²) in [6, 6.07) is 3.39. The molecule has 10 nitrogen and oxygen atoms in total. The van der Waals surface area contributed by atoms with E-state index in [1.54, 1.807) is 12.5 Å². The van der Waals surface area contributed by atoms with Crippen molar-refractivity contribution in [1.82, 2.24) is 39.0 Å². The first-order valence-electron chi connectivity index (χ1n) is 13.5. The Kier molecular flexibility index (Phi) is 6.62. The SMILES string of the molecule is C[N+]1(C)C=Cc2c(-c3cnn(C4(CC#N)CN(C5CCN(C(=O)c6ccnc(C(F)(F)F)c6F)CC5)C4)c3)ncnc21. The van der Waals surface area contributed by atoms with Gasteiger partial charge in [-0.05, 0) is 18.9 Å². The van der Waals surface area contributed by atoms with Crippen molar-refractivity contribution < 1.29 is 22.4 Å². The van der Waals surface area contributed by atoms with Gasteiger partial charge in [-0.15, -0.1) is 0 Å². The molecule has 218 valence electrons. The maximum atomic E-state index is 14.5. The standard InChI is InChI=1S/C28H28F4N9O/c1-41(2)12-6-21-23(35-17-36-25(21)41)18-13-37-40(14-18)27(7-8-33)15-39(16-27)19-4-10-38(11-5-19)26(42)20-3-9-34-24(22(20)29)28(30,31)32/h3,6,9,12-14,17,19H,4-5,7,10-11,15-16H2,1-2H3/q+1. The summed E-state index contributed by atoms with van der Waals surface area (Å²) in [7, 11) is 4.07. The number of hydrogen-bond acceptors (Lipinski definition) is 7. The van der Waals surface area contributed by atoms with Crippen molar-refractivity contribution in [3.8, 4) is 17.3 Å². The third-order valence-corrected chi connectivity index (χ3v) is 8.42. The molecule has 3 aromatic heterocycles. The Bertz CT molecular complexity index is 1610. The summed E-state index contributed by atoms with van der Waals surface area (Å²) >= 11 is 0. The van der Waals surface area contributed by atoms with Gasteiger partial charge in [0.25, 0.3) is 5.91 Å². The molecule has 0 aromatic carbocycles. The number of aromatic nitrogens is 5. The van der Waals surface area contributed by atoms with Crippen LogP contribution < -0.4 is 4.48 Å². The molecule has 6 heterocycles. The van der Waals surface area contributed by atoms with Gasteiger partial charge in [0.05, 0.1) is 49.6 Å². The van der Waals surface area contributed by atoms with Crippen LogP contribution in [0.25, 0.3) is 17.3 Å². The van der Waals surface area contributed by atoms with Gasteiger partial charge >= 0.3 is 6.18 Å². The van der Waals surface area contributed by atoms with E-state index < -0.39 is 34.7 Å². The van der Waals surface area contributed by atoms with E-state index >= 15 is 0 Å². The Balaban J connectivity index is 1.12. The van der Waals surface area contributed by atoms with E-state index in [1.165, 1.54) is 4.90 Å². The zero-order valence-electron chi connectivity index (χ0n) is 23.0. The van der Waals surface area contributed by atoms with Gasteiger partial charge in [-0.3, -0.25) is 18.9 Å². The number of carbonyl (C=O) groups is 1. The molecule has 1 amide bonds. The second-order valence-electron chi connectivity index (χ2n) is 11.5. The van der Waals surface area contributed by atoms with Crippen molar-refractivity contribution in [1.29, 1.82) is 5.26 Å². The molecule has 0 atom stereocenters. The lowest BCUT2D eigenvalue weighted by Crippen LogP contribution is -2.66. The number of quaternary nitrogens is 1. The smallest absolute Gasteiger partial charge is 0.338 e. The number of alkyl halides is 3. The third-order valence-electron chi connectivity index (χ3n) is 8.42. The van der Waals surface area contributed by atoms with Crippen LogP contribution in [0, 0.1) is 17.1 Å². The summed E-state index contributed by atoms with van der Waals surface area (Å²) in [5, 5.41) is 14.3. The van der Waals surface area contributed by atoms with E-state index in [0.717, 1.165) is 34.9 Å². The molecule has 0 radical (unpaired) electrons. The van der Waals surface area contributed by atoms with Gasteiger partial charge in [0.15, 0.2) is 11.5 Å². The summed E-state index contributed by atoms with van der Waals surface area (Å²) < 4.78 is 56.0. The zero-order chi connectivity index (χ0) is 29.9. The molecule has 0 aliphatic carbocycles. The number of hydrogen-bond donors (Lipinski definition) is 0. The van der Waals surface area contributed by atoms with E-state index in [1.807, 2.05) is 37.2 Å². The van der Waals surface area contributed by atoms with Crippen molar-refractivity contribution >= 4 is 17.8 Å². The second-order valence-corrected chi connectivity index (χ2v) is 11.5. The number of fused-ring (bicyclic) bond motifs is 1. The lowest BCUT2D eigenvalue weighted by atomic mass is 9.83. The van der Waals surface area contributed by atoms with Crippen LogP contribution in [0.2, 0.25) is 0 Å². The molecule has 0 unspecified atom stereocenters. The topological polar surface area (TPSA) is 104 Å². The average molecular weight is 583 g/mol. The van der Waals surface area contributed by atoms with Gasteiger partial charge in [-0.2, -0.15) is 28.5 Å². The van der Waals surface area contributed by atoms with Crippen LogP contribution in [0.15, 0.2) is 37.2 Å². The molecule has 0 spiro atoms. The highest BCUT2D eigenvalue weighted by molar-refractivity contribution is 5.94. The number of halogens is 4. The normalized spacial score (nSPS) is 19.8. The molecule has 2 saturated heterocycles. The molecule has 0 N–H and O–H groups in total. The van der Waals surface area contributed by atoms with Crippen molar-refractivity contribution in [3.63, 3.8) is 0 Å². The van der Waals surface area contributed by atoms with Crippen LogP contribution in [0.1, 0.15) is 40.9 Å². The van der Waals surface area contributed by atoms with Crippen molar-refractivity contribution in [2.45, 2.75) is 37.0 Å². The van der Waals surface area contributed by atoms with Gasteiger partial charge in [-0.25, -0.2) is 14.4 Å². The number of nitrogens with zero attached hydrogens (tertiary/aromatic N) is 9. The fourth-order valence-corrected chi connectivity index (χ4v) is 6.13. The summed E-state index contributed by atoms with van der Waals surface area (Å²) in [5.41, 5.74) is -0.290. The summed E-state index contributed by atoms with van der Waals surface area (Å²) in [6.07, 6.45) is 6.49. The lowest BCUT2D eigenvalue weighted by molar-refractivity contribution is -0.143. The van der Waals surface area contributed by atoms with Crippen molar-refractivity contribution in [2.24, 2.45) is 0 Å². The summed E-state index contributed by atoms with van der Waals surface area (Å²) in [5.74, 6) is -1.53. The number of carbonyl (C=O) groups excluding carboxylic acids is 1. The first-order valence-corrected chi connectivity index (χ1v) is 13.5. The maximum absolute atomic E-state index is 14.5.